The van der Waals surface area contributed by atoms with Crippen LogP contribution in [0.5, 0.6) is 0 Å². The first-order valence-electron chi connectivity index (χ1n) is 8.70. The van der Waals surface area contributed by atoms with Crippen molar-refractivity contribution in [2.24, 2.45) is 0 Å². The van der Waals surface area contributed by atoms with Crippen molar-refractivity contribution in [1.82, 2.24) is 14.8 Å². The van der Waals surface area contributed by atoms with E-state index in [0.29, 0.717) is 6.54 Å². The zero-order chi connectivity index (χ0) is 17.3. The quantitative estimate of drug-likeness (QED) is 0.385. The number of aromatic nitrogens is 3. The van der Waals surface area contributed by atoms with Crippen LogP contribution in [0.15, 0.2) is 36.9 Å². The van der Waals surface area contributed by atoms with Crippen molar-refractivity contribution in [3.05, 3.63) is 46.1 Å². The Labute approximate surface area is 158 Å². The molecule has 2 rings (SSSR count). The van der Waals surface area contributed by atoms with Gasteiger partial charge in [0.1, 0.15) is 18.1 Å². The zero-order valence-corrected chi connectivity index (χ0v) is 16.4. The minimum absolute atomic E-state index is 0.520. The number of unbranched alkanes of at least 4 members (excludes halogenated alkanes) is 5. The summed E-state index contributed by atoms with van der Waals surface area (Å²) in [6.07, 6.45) is 11.6. The van der Waals surface area contributed by atoms with Gasteiger partial charge in [-0.05, 0) is 46.7 Å². The smallest absolute Gasteiger partial charge is 0.119 e. The molecule has 1 heterocycles. The number of hydrogen-bond donors (Lipinski definition) is 0. The maximum Gasteiger partial charge on any atom is 0.119 e. The van der Waals surface area contributed by atoms with Crippen LogP contribution in [0.3, 0.4) is 0 Å². The lowest BCUT2D eigenvalue weighted by Gasteiger charge is -2.27. The van der Waals surface area contributed by atoms with E-state index < -0.39 is 5.41 Å². The highest BCUT2D eigenvalue weighted by atomic mass is 127. The van der Waals surface area contributed by atoms with Crippen LogP contribution < -0.4 is 0 Å². The largest absolute Gasteiger partial charge is 0.318 e. The van der Waals surface area contributed by atoms with Gasteiger partial charge in [0.05, 0.1) is 6.07 Å². The highest BCUT2D eigenvalue weighted by molar-refractivity contribution is 14.1. The first kappa shape index (κ1) is 18.9. The minimum Gasteiger partial charge on any atom is -0.318 e. The van der Waals surface area contributed by atoms with Crippen molar-refractivity contribution >= 4 is 22.6 Å². The van der Waals surface area contributed by atoms with E-state index in [1.54, 1.807) is 12.7 Å². The van der Waals surface area contributed by atoms with Crippen molar-refractivity contribution in [2.45, 2.75) is 63.8 Å². The first-order valence-corrected chi connectivity index (χ1v) is 9.78. The predicted molar refractivity (Wildman–Crippen MR) is 104 cm³/mol. The highest BCUT2D eigenvalue weighted by Gasteiger charge is 2.32. The number of nitriles is 1. The summed E-state index contributed by atoms with van der Waals surface area (Å²) in [6, 6.07) is 10.9. The maximum absolute atomic E-state index is 10.1. The molecule has 4 nitrogen and oxygen atoms in total. The van der Waals surface area contributed by atoms with Crippen LogP contribution >= 0.6 is 22.6 Å². The van der Waals surface area contributed by atoms with Gasteiger partial charge in [0.2, 0.25) is 0 Å². The van der Waals surface area contributed by atoms with Crippen LogP contribution in [0.4, 0.5) is 0 Å². The molecule has 24 heavy (non-hydrogen) atoms. The third-order valence-corrected chi connectivity index (χ3v) is 5.14. The number of benzene rings is 1. The molecule has 0 aliphatic rings. The third kappa shape index (κ3) is 5.30. The second-order valence-electron chi connectivity index (χ2n) is 6.36. The van der Waals surface area contributed by atoms with Gasteiger partial charge in [-0.3, -0.25) is 0 Å². The Hall–Kier alpha value is -1.42. The van der Waals surface area contributed by atoms with Crippen LogP contribution in [-0.4, -0.2) is 14.8 Å². The summed E-state index contributed by atoms with van der Waals surface area (Å²) in [6.45, 7) is 2.84. The molecule has 1 unspecified atom stereocenters. The van der Waals surface area contributed by atoms with Gasteiger partial charge >= 0.3 is 0 Å². The molecule has 1 aromatic heterocycles. The minimum atomic E-state index is -0.520. The van der Waals surface area contributed by atoms with E-state index in [9.17, 15) is 5.26 Å². The number of hydrogen-bond acceptors (Lipinski definition) is 3. The SMILES string of the molecule is CCCCCCCCC(C#N)(Cn1cnnc1)c1cccc(I)c1. The Morgan fingerprint density at radius 1 is 1.12 bits per heavy atom. The van der Waals surface area contributed by atoms with Gasteiger partial charge in [-0.2, -0.15) is 5.26 Å². The fourth-order valence-corrected chi connectivity index (χ4v) is 3.62. The van der Waals surface area contributed by atoms with Gasteiger partial charge in [0.15, 0.2) is 0 Å². The number of halogens is 1. The molecule has 0 N–H and O–H groups in total. The molecule has 0 aliphatic heterocycles. The average Bonchev–Trinajstić information content (AvgIpc) is 3.10. The average molecular weight is 436 g/mol. The van der Waals surface area contributed by atoms with Gasteiger partial charge in [-0.1, -0.05) is 57.6 Å². The summed E-state index contributed by atoms with van der Waals surface area (Å²) in [5.74, 6) is 0. The molecular formula is C19H25IN4. The molecule has 0 amide bonds. The zero-order valence-electron chi connectivity index (χ0n) is 14.3. The molecule has 1 aromatic carbocycles. The third-order valence-electron chi connectivity index (χ3n) is 4.47. The Morgan fingerprint density at radius 2 is 1.83 bits per heavy atom. The molecule has 0 spiro atoms. The van der Waals surface area contributed by atoms with Crippen molar-refractivity contribution < 1.29 is 0 Å². The molecule has 0 radical (unpaired) electrons. The molecular weight excluding hydrogens is 411 g/mol. The van der Waals surface area contributed by atoms with E-state index in [2.05, 4.69) is 64.0 Å². The van der Waals surface area contributed by atoms with Crippen LogP contribution in [0, 0.1) is 14.9 Å². The standard InChI is InChI=1S/C19H25IN4/c1-2-3-4-5-6-7-11-19(13-21,14-24-15-22-23-16-24)17-9-8-10-18(20)12-17/h8-10,12,15-16H,2-7,11,14H2,1H3. The lowest BCUT2D eigenvalue weighted by molar-refractivity contribution is 0.402. The molecule has 0 saturated heterocycles. The number of nitrogens with zero attached hydrogens (tertiary/aromatic N) is 4. The van der Waals surface area contributed by atoms with Crippen molar-refractivity contribution in [3.63, 3.8) is 0 Å². The molecule has 0 fully saturated rings. The maximum atomic E-state index is 10.1. The monoisotopic (exact) mass is 436 g/mol. The summed E-state index contributed by atoms with van der Waals surface area (Å²) in [7, 11) is 0. The van der Waals surface area contributed by atoms with Crippen molar-refractivity contribution in [1.29, 1.82) is 5.26 Å². The van der Waals surface area contributed by atoms with E-state index in [-0.39, 0.29) is 0 Å². The fourth-order valence-electron chi connectivity index (χ4n) is 3.08. The molecule has 0 saturated carbocycles. The lowest BCUT2D eigenvalue weighted by atomic mass is 9.77. The summed E-state index contributed by atoms with van der Waals surface area (Å²) in [5, 5.41) is 17.8. The highest BCUT2D eigenvalue weighted by Crippen LogP contribution is 2.33. The Morgan fingerprint density at radius 3 is 2.50 bits per heavy atom. The summed E-state index contributed by atoms with van der Waals surface area (Å²) < 4.78 is 3.08. The van der Waals surface area contributed by atoms with Gasteiger partial charge in [0.25, 0.3) is 0 Å². The lowest BCUT2D eigenvalue weighted by Crippen LogP contribution is -2.30. The molecule has 1 atom stereocenters. The van der Waals surface area contributed by atoms with E-state index in [1.807, 2.05) is 10.6 Å². The fraction of sp³-hybridized carbons (Fsp3) is 0.526. The first-order chi connectivity index (χ1) is 11.7. The Kier molecular flexibility index (Phi) is 7.70. The van der Waals surface area contributed by atoms with Crippen LogP contribution in [-0.2, 0) is 12.0 Å². The van der Waals surface area contributed by atoms with Gasteiger partial charge in [0, 0.05) is 10.1 Å². The molecule has 2 aromatic rings. The molecule has 0 aliphatic carbocycles. The van der Waals surface area contributed by atoms with Gasteiger partial charge in [-0.25, -0.2) is 0 Å². The van der Waals surface area contributed by atoms with Crippen LogP contribution in [0.25, 0.3) is 0 Å². The molecule has 0 bridgehead atoms. The molecule has 5 heteroatoms. The predicted octanol–water partition coefficient (Wildman–Crippen LogP) is 5.09. The summed E-state index contributed by atoms with van der Waals surface area (Å²) in [5.41, 5.74) is 0.577. The summed E-state index contributed by atoms with van der Waals surface area (Å²) in [4.78, 5) is 0. The summed E-state index contributed by atoms with van der Waals surface area (Å²) >= 11 is 2.31. The second kappa shape index (κ2) is 9.77. The van der Waals surface area contributed by atoms with Crippen LogP contribution in [0.1, 0.15) is 57.4 Å². The normalized spacial score (nSPS) is 13.4. The van der Waals surface area contributed by atoms with Crippen molar-refractivity contribution in [2.75, 3.05) is 0 Å². The Balaban J connectivity index is 2.12. The van der Waals surface area contributed by atoms with Gasteiger partial charge in [-0.15, -0.1) is 10.2 Å². The van der Waals surface area contributed by atoms with E-state index in [0.717, 1.165) is 22.0 Å². The van der Waals surface area contributed by atoms with Crippen LogP contribution in [0.2, 0.25) is 0 Å². The van der Waals surface area contributed by atoms with Gasteiger partial charge < -0.3 is 4.57 Å². The van der Waals surface area contributed by atoms with Crippen molar-refractivity contribution in [3.8, 4) is 6.07 Å². The second-order valence-corrected chi connectivity index (χ2v) is 7.60. The number of rotatable bonds is 10. The van der Waals surface area contributed by atoms with E-state index in [4.69, 9.17) is 0 Å². The molecule has 128 valence electrons. The van der Waals surface area contributed by atoms with E-state index >= 15 is 0 Å². The Bertz CT molecular complexity index is 648. The van der Waals surface area contributed by atoms with E-state index in [1.165, 1.54) is 32.1 Å². The topological polar surface area (TPSA) is 54.5 Å².